The second-order valence-electron chi connectivity index (χ2n) is 3.32. The van der Waals surface area contributed by atoms with Crippen LogP contribution in [0.2, 0.25) is 0 Å². The Morgan fingerprint density at radius 1 is 1.25 bits per heavy atom. The van der Waals surface area contributed by atoms with E-state index in [1.165, 1.54) is 0 Å². The van der Waals surface area contributed by atoms with Gasteiger partial charge in [-0.05, 0) is 31.4 Å². The third-order valence-electron chi connectivity index (χ3n) is 2.40. The average Bonchev–Trinajstić information content (AvgIpc) is 2.65. The maximum absolute atomic E-state index is 9.51. The Morgan fingerprint density at radius 2 is 2.00 bits per heavy atom. The van der Waals surface area contributed by atoms with Crippen LogP contribution in [-0.2, 0) is 0 Å². The number of aliphatic hydroxyl groups is 1. The minimum absolute atomic E-state index is 0.174. The van der Waals surface area contributed by atoms with Crippen molar-refractivity contribution in [2.75, 3.05) is 5.43 Å². The zero-order valence-electron chi connectivity index (χ0n) is 6.98. The van der Waals surface area contributed by atoms with Gasteiger partial charge in [0.2, 0.25) is 0 Å². The first-order valence-electron chi connectivity index (χ1n) is 4.44. The monoisotopic (exact) mass is 166 g/mol. The predicted octanol–water partition coefficient (Wildman–Crippen LogP) is 0.945. The maximum atomic E-state index is 9.51. The van der Waals surface area contributed by atoms with Crippen molar-refractivity contribution in [1.82, 2.24) is 4.68 Å². The molecule has 0 amide bonds. The lowest BCUT2D eigenvalue weighted by atomic mass is 10.2. The Balaban J connectivity index is 1.95. The van der Waals surface area contributed by atoms with Crippen LogP contribution in [0.15, 0.2) is 24.5 Å². The molecule has 0 bridgehead atoms. The number of rotatable bonds is 2. The lowest BCUT2D eigenvalue weighted by molar-refractivity contribution is 0.167. The second-order valence-corrected chi connectivity index (χ2v) is 3.32. The highest BCUT2D eigenvalue weighted by Crippen LogP contribution is 2.19. The van der Waals surface area contributed by atoms with E-state index in [9.17, 15) is 5.11 Å². The topological polar surface area (TPSA) is 37.2 Å². The number of hydrogen-bond acceptors (Lipinski definition) is 2. The summed E-state index contributed by atoms with van der Waals surface area (Å²) in [6, 6.07) is 4.17. The zero-order chi connectivity index (χ0) is 8.39. The molecule has 0 unspecified atom stereocenters. The normalized spacial score (nSPS) is 29.1. The third-order valence-corrected chi connectivity index (χ3v) is 2.40. The van der Waals surface area contributed by atoms with Crippen LogP contribution < -0.4 is 5.43 Å². The van der Waals surface area contributed by atoms with Crippen molar-refractivity contribution >= 4 is 0 Å². The highest BCUT2D eigenvalue weighted by Gasteiger charge is 2.24. The predicted molar refractivity (Wildman–Crippen MR) is 47.4 cm³/mol. The molecule has 1 aromatic rings. The molecule has 0 radical (unpaired) electrons. The third kappa shape index (κ3) is 1.46. The Bertz CT molecular complexity index is 233. The molecule has 2 rings (SSSR count). The number of nitrogens with zero attached hydrogens (tertiary/aromatic N) is 1. The fourth-order valence-electron chi connectivity index (χ4n) is 1.70. The Hall–Kier alpha value is -0.960. The first-order chi connectivity index (χ1) is 5.86. The first kappa shape index (κ1) is 7.68. The summed E-state index contributed by atoms with van der Waals surface area (Å²) < 4.78 is 1.90. The lowest BCUT2D eigenvalue weighted by Gasteiger charge is -2.18. The largest absolute Gasteiger partial charge is 0.391 e. The van der Waals surface area contributed by atoms with E-state index in [0.29, 0.717) is 0 Å². The van der Waals surface area contributed by atoms with Crippen LogP contribution in [0.4, 0.5) is 0 Å². The Morgan fingerprint density at radius 3 is 2.58 bits per heavy atom. The number of aliphatic hydroxyl groups excluding tert-OH is 1. The van der Waals surface area contributed by atoms with Gasteiger partial charge in [-0.2, -0.15) is 0 Å². The second kappa shape index (κ2) is 3.19. The van der Waals surface area contributed by atoms with Gasteiger partial charge in [0, 0.05) is 12.4 Å². The summed E-state index contributed by atoms with van der Waals surface area (Å²) in [6.07, 6.45) is 6.85. The van der Waals surface area contributed by atoms with Gasteiger partial charge in [0.15, 0.2) is 0 Å². The average molecular weight is 166 g/mol. The minimum Gasteiger partial charge on any atom is -0.391 e. The van der Waals surface area contributed by atoms with Gasteiger partial charge in [-0.15, -0.1) is 0 Å². The highest BCUT2D eigenvalue weighted by atomic mass is 16.3. The van der Waals surface area contributed by atoms with Gasteiger partial charge in [-0.3, -0.25) is 4.68 Å². The number of hydrogen-bond donors (Lipinski definition) is 2. The summed E-state index contributed by atoms with van der Waals surface area (Å²) in [6.45, 7) is 0. The van der Waals surface area contributed by atoms with E-state index in [1.807, 2.05) is 29.2 Å². The van der Waals surface area contributed by atoms with E-state index < -0.39 is 0 Å². The van der Waals surface area contributed by atoms with E-state index in [0.717, 1.165) is 19.3 Å². The van der Waals surface area contributed by atoms with Gasteiger partial charge in [0.05, 0.1) is 12.1 Å². The molecule has 1 aliphatic carbocycles. The minimum atomic E-state index is -0.174. The molecule has 0 aliphatic heterocycles. The van der Waals surface area contributed by atoms with E-state index in [2.05, 4.69) is 5.43 Å². The standard InChI is InChI=1S/C9H14N2O/c12-9-5-3-4-8(9)10-11-6-1-2-7-11/h1-2,6-10,12H,3-5H2/t8-,9-/m1/s1. The molecule has 2 N–H and O–H groups in total. The lowest BCUT2D eigenvalue weighted by Crippen LogP contribution is -2.33. The van der Waals surface area contributed by atoms with E-state index in [1.54, 1.807) is 0 Å². The molecule has 66 valence electrons. The molecule has 1 saturated carbocycles. The summed E-state index contributed by atoms with van der Waals surface area (Å²) in [4.78, 5) is 0. The van der Waals surface area contributed by atoms with Crippen molar-refractivity contribution in [3.05, 3.63) is 24.5 Å². The summed E-state index contributed by atoms with van der Waals surface area (Å²) in [5.74, 6) is 0. The van der Waals surface area contributed by atoms with Crippen LogP contribution in [0.3, 0.4) is 0 Å². The summed E-state index contributed by atoms with van der Waals surface area (Å²) >= 11 is 0. The quantitative estimate of drug-likeness (QED) is 0.686. The van der Waals surface area contributed by atoms with Gasteiger partial charge < -0.3 is 10.5 Å². The fourth-order valence-corrected chi connectivity index (χ4v) is 1.70. The Labute approximate surface area is 72.0 Å². The van der Waals surface area contributed by atoms with Crippen molar-refractivity contribution in [3.8, 4) is 0 Å². The van der Waals surface area contributed by atoms with Gasteiger partial charge in [-0.1, -0.05) is 0 Å². The van der Waals surface area contributed by atoms with Crippen LogP contribution in [-0.4, -0.2) is 21.9 Å². The molecule has 1 fully saturated rings. The zero-order valence-corrected chi connectivity index (χ0v) is 6.98. The van der Waals surface area contributed by atoms with Crippen molar-refractivity contribution in [2.45, 2.75) is 31.4 Å². The van der Waals surface area contributed by atoms with Crippen LogP contribution in [0.25, 0.3) is 0 Å². The first-order valence-corrected chi connectivity index (χ1v) is 4.44. The van der Waals surface area contributed by atoms with Gasteiger partial charge in [0.1, 0.15) is 0 Å². The van der Waals surface area contributed by atoms with E-state index in [4.69, 9.17) is 0 Å². The molecular weight excluding hydrogens is 152 g/mol. The van der Waals surface area contributed by atoms with Crippen LogP contribution in [0, 0.1) is 0 Å². The van der Waals surface area contributed by atoms with Gasteiger partial charge in [-0.25, -0.2) is 0 Å². The molecule has 3 nitrogen and oxygen atoms in total. The highest BCUT2D eigenvalue weighted by molar-refractivity contribution is 4.98. The van der Waals surface area contributed by atoms with Gasteiger partial charge in [0.25, 0.3) is 0 Å². The number of nitrogens with one attached hydrogen (secondary N) is 1. The van der Waals surface area contributed by atoms with Crippen LogP contribution >= 0.6 is 0 Å². The molecule has 0 aromatic carbocycles. The van der Waals surface area contributed by atoms with Crippen molar-refractivity contribution < 1.29 is 5.11 Å². The molecule has 1 heterocycles. The van der Waals surface area contributed by atoms with Crippen LogP contribution in [0.1, 0.15) is 19.3 Å². The Kier molecular flexibility index (Phi) is 2.04. The van der Waals surface area contributed by atoms with E-state index in [-0.39, 0.29) is 12.1 Å². The summed E-state index contributed by atoms with van der Waals surface area (Å²) in [5, 5.41) is 9.51. The molecule has 0 spiro atoms. The molecule has 12 heavy (non-hydrogen) atoms. The number of aromatic nitrogens is 1. The summed E-state index contributed by atoms with van der Waals surface area (Å²) in [5.41, 5.74) is 3.24. The van der Waals surface area contributed by atoms with Gasteiger partial charge >= 0.3 is 0 Å². The van der Waals surface area contributed by atoms with Crippen molar-refractivity contribution in [1.29, 1.82) is 0 Å². The van der Waals surface area contributed by atoms with Crippen molar-refractivity contribution in [2.24, 2.45) is 0 Å². The fraction of sp³-hybridized carbons (Fsp3) is 0.556. The SMILES string of the molecule is O[C@@H]1CCC[C@H]1Nn1cccc1. The van der Waals surface area contributed by atoms with E-state index >= 15 is 0 Å². The molecular formula is C9H14N2O. The van der Waals surface area contributed by atoms with Crippen molar-refractivity contribution in [3.63, 3.8) is 0 Å². The molecule has 2 atom stereocenters. The van der Waals surface area contributed by atoms with Crippen LogP contribution in [0.5, 0.6) is 0 Å². The smallest absolute Gasteiger partial charge is 0.0756 e. The molecule has 1 aliphatic rings. The maximum Gasteiger partial charge on any atom is 0.0756 e. The summed E-state index contributed by atoms with van der Waals surface area (Å²) in [7, 11) is 0. The molecule has 0 saturated heterocycles. The molecule has 3 heteroatoms. The molecule has 1 aromatic heterocycles.